The van der Waals surface area contributed by atoms with Gasteiger partial charge in [-0.1, -0.05) is 6.42 Å². The van der Waals surface area contributed by atoms with Gasteiger partial charge in [0.15, 0.2) is 0 Å². The Morgan fingerprint density at radius 1 is 1.57 bits per heavy atom. The highest BCUT2D eigenvalue weighted by molar-refractivity contribution is 5.11. The third kappa shape index (κ3) is 1.98. The number of rotatable bonds is 2. The number of aryl methyl sites for hydroxylation is 1. The van der Waals surface area contributed by atoms with Crippen molar-refractivity contribution in [1.82, 2.24) is 15.1 Å². The largest absolute Gasteiger partial charge is 0.307 e. The lowest BCUT2D eigenvalue weighted by Gasteiger charge is -2.27. The molecule has 0 aromatic carbocycles. The molecule has 1 saturated heterocycles. The third-order valence-electron chi connectivity index (χ3n) is 3.00. The summed E-state index contributed by atoms with van der Waals surface area (Å²) in [6.45, 7) is 5.34. The topological polar surface area (TPSA) is 29.9 Å². The Morgan fingerprint density at radius 3 is 3.07 bits per heavy atom. The van der Waals surface area contributed by atoms with Crippen molar-refractivity contribution in [2.75, 3.05) is 0 Å². The van der Waals surface area contributed by atoms with Gasteiger partial charge in [0.05, 0.1) is 6.20 Å². The van der Waals surface area contributed by atoms with Crippen molar-refractivity contribution in [3.05, 3.63) is 18.0 Å². The maximum absolute atomic E-state index is 4.31. The molecule has 0 spiro atoms. The van der Waals surface area contributed by atoms with Crippen LogP contribution in [0.1, 0.15) is 44.7 Å². The van der Waals surface area contributed by atoms with E-state index >= 15 is 0 Å². The number of hydrogen-bond acceptors (Lipinski definition) is 2. The van der Waals surface area contributed by atoms with Gasteiger partial charge < -0.3 is 5.32 Å². The van der Waals surface area contributed by atoms with Crippen LogP contribution in [0.15, 0.2) is 12.4 Å². The van der Waals surface area contributed by atoms with Crippen LogP contribution >= 0.6 is 0 Å². The summed E-state index contributed by atoms with van der Waals surface area (Å²) in [5.41, 5.74) is 1.35. The predicted octanol–water partition coefficient (Wildman–Crippen LogP) is 2.11. The second-order valence-corrected chi connectivity index (χ2v) is 4.18. The average molecular weight is 193 g/mol. The van der Waals surface area contributed by atoms with Crippen LogP contribution in [0.3, 0.4) is 0 Å². The van der Waals surface area contributed by atoms with Crippen molar-refractivity contribution in [3.8, 4) is 0 Å². The van der Waals surface area contributed by atoms with Crippen molar-refractivity contribution >= 4 is 0 Å². The van der Waals surface area contributed by atoms with Gasteiger partial charge in [0.2, 0.25) is 0 Å². The van der Waals surface area contributed by atoms with E-state index in [9.17, 15) is 0 Å². The summed E-state index contributed by atoms with van der Waals surface area (Å²) in [6.07, 6.45) is 8.04. The zero-order chi connectivity index (χ0) is 9.97. The molecule has 2 rings (SSSR count). The quantitative estimate of drug-likeness (QED) is 0.779. The lowest BCUT2D eigenvalue weighted by Crippen LogP contribution is -2.34. The van der Waals surface area contributed by atoms with E-state index in [2.05, 4.69) is 30.5 Å². The average Bonchev–Trinajstić information content (AvgIpc) is 2.66. The summed E-state index contributed by atoms with van der Waals surface area (Å²) in [5, 5.41) is 7.93. The summed E-state index contributed by atoms with van der Waals surface area (Å²) in [4.78, 5) is 0. The molecule has 0 amide bonds. The zero-order valence-electron chi connectivity index (χ0n) is 9.03. The van der Waals surface area contributed by atoms with E-state index in [1.807, 2.05) is 10.9 Å². The minimum atomic E-state index is 0.527. The summed E-state index contributed by atoms with van der Waals surface area (Å²) in [5.74, 6) is 0. The van der Waals surface area contributed by atoms with Crippen molar-refractivity contribution in [2.24, 2.45) is 0 Å². The molecule has 0 radical (unpaired) electrons. The molecule has 2 heterocycles. The van der Waals surface area contributed by atoms with Gasteiger partial charge in [0.1, 0.15) is 0 Å². The van der Waals surface area contributed by atoms with Gasteiger partial charge in [-0.25, -0.2) is 0 Å². The standard InChI is InChI=1S/C11H19N3/c1-3-14-8-10(7-12-14)11-6-4-5-9(2)13-11/h7-9,11,13H,3-6H2,1-2H3. The SMILES string of the molecule is CCn1cc(C2CCCC(C)N2)cn1. The number of piperidine rings is 1. The van der Waals surface area contributed by atoms with E-state index < -0.39 is 0 Å². The Kier molecular flexibility index (Phi) is 2.87. The second kappa shape index (κ2) is 4.13. The molecular weight excluding hydrogens is 174 g/mol. The Labute approximate surface area is 85.5 Å². The van der Waals surface area contributed by atoms with E-state index in [-0.39, 0.29) is 0 Å². The van der Waals surface area contributed by atoms with E-state index in [4.69, 9.17) is 0 Å². The maximum atomic E-state index is 4.31. The number of nitrogens with one attached hydrogen (secondary N) is 1. The van der Waals surface area contributed by atoms with Crippen molar-refractivity contribution < 1.29 is 0 Å². The van der Waals surface area contributed by atoms with Crippen LogP contribution in [0.4, 0.5) is 0 Å². The molecule has 2 unspecified atom stereocenters. The molecule has 14 heavy (non-hydrogen) atoms. The monoisotopic (exact) mass is 193 g/mol. The first-order valence-corrected chi connectivity index (χ1v) is 5.58. The van der Waals surface area contributed by atoms with Gasteiger partial charge >= 0.3 is 0 Å². The summed E-state index contributed by atoms with van der Waals surface area (Å²) in [7, 11) is 0. The van der Waals surface area contributed by atoms with Crippen molar-refractivity contribution in [2.45, 2.75) is 51.7 Å². The van der Waals surface area contributed by atoms with E-state index in [1.54, 1.807) is 0 Å². The molecule has 78 valence electrons. The Hall–Kier alpha value is -0.830. The molecule has 3 heteroatoms. The van der Waals surface area contributed by atoms with Crippen LogP contribution in [0.25, 0.3) is 0 Å². The van der Waals surface area contributed by atoms with Gasteiger partial charge in [-0.3, -0.25) is 4.68 Å². The first kappa shape index (κ1) is 9.71. The van der Waals surface area contributed by atoms with Gasteiger partial charge in [-0.2, -0.15) is 5.10 Å². The van der Waals surface area contributed by atoms with Gasteiger partial charge in [-0.05, 0) is 26.7 Å². The molecule has 1 aliphatic heterocycles. The number of nitrogens with zero attached hydrogens (tertiary/aromatic N) is 2. The predicted molar refractivity (Wildman–Crippen MR) is 57.1 cm³/mol. The van der Waals surface area contributed by atoms with Gasteiger partial charge in [-0.15, -0.1) is 0 Å². The molecule has 1 aromatic rings. The highest BCUT2D eigenvalue weighted by Crippen LogP contribution is 2.24. The third-order valence-corrected chi connectivity index (χ3v) is 3.00. The molecule has 1 N–H and O–H groups in total. The number of hydrogen-bond donors (Lipinski definition) is 1. The highest BCUT2D eigenvalue weighted by atomic mass is 15.3. The van der Waals surface area contributed by atoms with Crippen LogP contribution in [0, 0.1) is 0 Å². The minimum absolute atomic E-state index is 0.527. The molecule has 3 nitrogen and oxygen atoms in total. The van der Waals surface area contributed by atoms with E-state index in [0.29, 0.717) is 12.1 Å². The molecule has 1 aromatic heterocycles. The number of aromatic nitrogens is 2. The first-order chi connectivity index (χ1) is 6.79. The first-order valence-electron chi connectivity index (χ1n) is 5.58. The van der Waals surface area contributed by atoms with E-state index in [1.165, 1.54) is 24.8 Å². The smallest absolute Gasteiger partial charge is 0.0537 e. The molecule has 0 saturated carbocycles. The van der Waals surface area contributed by atoms with Gasteiger partial charge in [0.25, 0.3) is 0 Å². The molecule has 2 atom stereocenters. The molecule has 0 aliphatic carbocycles. The van der Waals surface area contributed by atoms with Crippen LogP contribution in [0.2, 0.25) is 0 Å². The second-order valence-electron chi connectivity index (χ2n) is 4.18. The van der Waals surface area contributed by atoms with Crippen LogP contribution < -0.4 is 5.32 Å². The fourth-order valence-corrected chi connectivity index (χ4v) is 2.13. The van der Waals surface area contributed by atoms with Crippen LogP contribution in [-0.2, 0) is 6.54 Å². The fraction of sp³-hybridized carbons (Fsp3) is 0.727. The van der Waals surface area contributed by atoms with Crippen molar-refractivity contribution in [3.63, 3.8) is 0 Å². The Morgan fingerprint density at radius 2 is 2.43 bits per heavy atom. The molecular formula is C11H19N3. The molecule has 1 aliphatic rings. The zero-order valence-corrected chi connectivity index (χ0v) is 9.03. The molecule has 0 bridgehead atoms. The van der Waals surface area contributed by atoms with Crippen LogP contribution in [-0.4, -0.2) is 15.8 Å². The summed E-state index contributed by atoms with van der Waals surface area (Å²) in [6, 6.07) is 1.18. The fourth-order valence-electron chi connectivity index (χ4n) is 2.13. The molecule has 1 fully saturated rings. The highest BCUT2D eigenvalue weighted by Gasteiger charge is 2.20. The lowest BCUT2D eigenvalue weighted by molar-refractivity contribution is 0.341. The van der Waals surface area contributed by atoms with Gasteiger partial charge in [0, 0.05) is 30.4 Å². The van der Waals surface area contributed by atoms with Crippen LogP contribution in [0.5, 0.6) is 0 Å². The Bertz CT molecular complexity index is 292. The summed E-state index contributed by atoms with van der Waals surface area (Å²) >= 11 is 0. The van der Waals surface area contributed by atoms with E-state index in [0.717, 1.165) is 6.54 Å². The summed E-state index contributed by atoms with van der Waals surface area (Å²) < 4.78 is 2.00. The van der Waals surface area contributed by atoms with Crippen molar-refractivity contribution in [1.29, 1.82) is 0 Å². The minimum Gasteiger partial charge on any atom is -0.307 e. The maximum Gasteiger partial charge on any atom is 0.0537 e. The Balaban J connectivity index is 2.06. The normalized spacial score (nSPS) is 27.9. The lowest BCUT2D eigenvalue weighted by atomic mass is 9.96.